The number of rotatable bonds is 1. The van der Waals surface area contributed by atoms with Crippen molar-refractivity contribution in [3.8, 4) is 0 Å². The molecule has 5 nitrogen and oxygen atoms in total. The van der Waals surface area contributed by atoms with Crippen molar-refractivity contribution in [3.63, 3.8) is 0 Å². The molecule has 0 radical (unpaired) electrons. The van der Waals surface area contributed by atoms with E-state index in [9.17, 15) is 9.59 Å². The smallest absolute Gasteiger partial charge is 0.244 e. The van der Waals surface area contributed by atoms with E-state index >= 15 is 0 Å². The van der Waals surface area contributed by atoms with Gasteiger partial charge in [0.1, 0.15) is 6.54 Å². The fourth-order valence-electron chi connectivity index (χ4n) is 3.53. The molecule has 0 saturated carbocycles. The number of aromatic nitrogens is 1. The van der Waals surface area contributed by atoms with Crippen LogP contribution in [0.3, 0.4) is 0 Å². The molecular formula is C18H17N3O2. The van der Waals surface area contributed by atoms with Crippen molar-refractivity contribution < 1.29 is 9.59 Å². The number of carbonyl (C=O) groups is 2. The van der Waals surface area contributed by atoms with Gasteiger partial charge in [0.15, 0.2) is 0 Å². The van der Waals surface area contributed by atoms with Crippen LogP contribution in [0.4, 0.5) is 11.4 Å². The highest BCUT2D eigenvalue weighted by Gasteiger charge is 2.34. The van der Waals surface area contributed by atoms with E-state index in [1.165, 1.54) is 5.56 Å². The molecule has 0 saturated heterocycles. The second-order valence-electron chi connectivity index (χ2n) is 6.01. The Hall–Kier alpha value is -2.69. The number of carbonyl (C=O) groups excluding carboxylic acids is 2. The third kappa shape index (κ3) is 2.38. The fraction of sp³-hybridized carbons (Fsp3) is 0.278. The van der Waals surface area contributed by atoms with Crippen LogP contribution in [0.1, 0.15) is 29.9 Å². The Balaban J connectivity index is 1.72. The summed E-state index contributed by atoms with van der Waals surface area (Å²) in [6.45, 7) is 0.0640. The van der Waals surface area contributed by atoms with Gasteiger partial charge in [0, 0.05) is 6.20 Å². The number of hydrogen-bond acceptors (Lipinski definition) is 3. The van der Waals surface area contributed by atoms with E-state index < -0.39 is 0 Å². The van der Waals surface area contributed by atoms with Crippen molar-refractivity contribution in [3.05, 3.63) is 53.9 Å². The molecule has 0 fully saturated rings. The van der Waals surface area contributed by atoms with Gasteiger partial charge in [-0.05, 0) is 36.5 Å². The molecule has 2 heterocycles. The zero-order valence-corrected chi connectivity index (χ0v) is 12.7. The molecule has 4 rings (SSSR count). The van der Waals surface area contributed by atoms with E-state index in [1.807, 2.05) is 18.2 Å². The number of amides is 2. The highest BCUT2D eigenvalue weighted by molar-refractivity contribution is 6.11. The van der Waals surface area contributed by atoms with Gasteiger partial charge in [0.2, 0.25) is 11.8 Å². The van der Waals surface area contributed by atoms with E-state index in [-0.39, 0.29) is 24.3 Å². The zero-order valence-electron chi connectivity index (χ0n) is 12.7. The molecule has 2 aromatic rings. The number of benzene rings is 1. The molecule has 1 N–H and O–H groups in total. The fourth-order valence-corrected chi connectivity index (χ4v) is 3.53. The standard InChI is InChI=1S/C18H17N3O2/c22-17-11-21(16-8-9-19-10-15(16)20-17)18(23)14-7-3-5-12-4-1-2-6-13(12)14/h1-2,4,6,8-10,14H,3,5,7,11H2,(H,20,22)/t14-/m1/s1. The molecule has 0 bridgehead atoms. The van der Waals surface area contributed by atoms with Crippen LogP contribution in [0.5, 0.6) is 0 Å². The maximum Gasteiger partial charge on any atom is 0.244 e. The lowest BCUT2D eigenvalue weighted by Crippen LogP contribution is -2.44. The number of pyridine rings is 1. The monoisotopic (exact) mass is 307 g/mol. The highest BCUT2D eigenvalue weighted by atomic mass is 16.2. The minimum Gasteiger partial charge on any atom is -0.321 e. The lowest BCUT2D eigenvalue weighted by molar-refractivity contribution is -0.123. The summed E-state index contributed by atoms with van der Waals surface area (Å²) in [6, 6.07) is 9.90. The first-order valence-corrected chi connectivity index (χ1v) is 7.87. The topological polar surface area (TPSA) is 62.3 Å². The first-order valence-electron chi connectivity index (χ1n) is 7.87. The molecule has 0 spiro atoms. The lowest BCUT2D eigenvalue weighted by Gasteiger charge is -2.33. The third-order valence-electron chi connectivity index (χ3n) is 4.60. The molecule has 1 atom stereocenters. The minimum atomic E-state index is -0.178. The molecule has 2 amide bonds. The average Bonchev–Trinajstić information content (AvgIpc) is 2.60. The van der Waals surface area contributed by atoms with Crippen LogP contribution in [0.25, 0.3) is 0 Å². The second-order valence-corrected chi connectivity index (χ2v) is 6.01. The molecule has 0 unspecified atom stereocenters. The van der Waals surface area contributed by atoms with E-state index in [0.29, 0.717) is 5.69 Å². The first-order chi connectivity index (χ1) is 11.2. The van der Waals surface area contributed by atoms with Gasteiger partial charge in [-0.3, -0.25) is 14.6 Å². The molecule has 1 aromatic carbocycles. The van der Waals surface area contributed by atoms with Gasteiger partial charge in [-0.25, -0.2) is 0 Å². The maximum atomic E-state index is 13.1. The summed E-state index contributed by atoms with van der Waals surface area (Å²) in [5.41, 5.74) is 3.67. The van der Waals surface area contributed by atoms with Crippen LogP contribution in [0, 0.1) is 0 Å². The Morgan fingerprint density at radius 1 is 1.26 bits per heavy atom. The average molecular weight is 307 g/mol. The predicted octanol–water partition coefficient (Wildman–Crippen LogP) is 2.49. The van der Waals surface area contributed by atoms with Crippen molar-refractivity contribution >= 4 is 23.2 Å². The summed E-state index contributed by atoms with van der Waals surface area (Å²) in [6.07, 6.45) is 6.07. The zero-order chi connectivity index (χ0) is 15.8. The second kappa shape index (κ2) is 5.50. The van der Waals surface area contributed by atoms with Crippen LogP contribution in [0.15, 0.2) is 42.7 Å². The van der Waals surface area contributed by atoms with Gasteiger partial charge >= 0.3 is 0 Å². The van der Waals surface area contributed by atoms with Gasteiger partial charge in [0.25, 0.3) is 0 Å². The van der Waals surface area contributed by atoms with Crippen molar-refractivity contribution in [1.82, 2.24) is 4.98 Å². The van der Waals surface area contributed by atoms with E-state index in [1.54, 1.807) is 23.4 Å². The normalized spacial score (nSPS) is 19.6. The summed E-state index contributed by atoms with van der Waals surface area (Å²) in [5, 5.41) is 2.77. The van der Waals surface area contributed by atoms with Crippen LogP contribution < -0.4 is 10.2 Å². The maximum absolute atomic E-state index is 13.1. The molecule has 1 aliphatic heterocycles. The number of nitrogens with one attached hydrogen (secondary N) is 1. The van der Waals surface area contributed by atoms with E-state index in [4.69, 9.17) is 0 Å². The first kappa shape index (κ1) is 13.9. The predicted molar refractivity (Wildman–Crippen MR) is 87.3 cm³/mol. The van der Waals surface area contributed by atoms with Gasteiger partial charge in [-0.1, -0.05) is 24.3 Å². The van der Waals surface area contributed by atoms with Gasteiger partial charge in [-0.15, -0.1) is 0 Å². The van der Waals surface area contributed by atoms with Gasteiger partial charge in [0.05, 0.1) is 23.5 Å². The van der Waals surface area contributed by atoms with Gasteiger partial charge < -0.3 is 10.2 Å². The quantitative estimate of drug-likeness (QED) is 0.880. The van der Waals surface area contributed by atoms with Gasteiger partial charge in [-0.2, -0.15) is 0 Å². The molecule has 2 aliphatic rings. The van der Waals surface area contributed by atoms with E-state index in [0.717, 1.165) is 30.5 Å². The summed E-state index contributed by atoms with van der Waals surface area (Å²) in [4.78, 5) is 30.7. The molecule has 116 valence electrons. The summed E-state index contributed by atoms with van der Waals surface area (Å²) in [7, 11) is 0. The Morgan fingerprint density at radius 3 is 3.04 bits per heavy atom. The Labute approximate surface area is 134 Å². The molecule has 5 heteroatoms. The summed E-state index contributed by atoms with van der Waals surface area (Å²) >= 11 is 0. The van der Waals surface area contributed by atoms with Crippen LogP contribution in [-0.2, 0) is 16.0 Å². The minimum absolute atomic E-state index is 0.000509. The van der Waals surface area contributed by atoms with Crippen LogP contribution in [0.2, 0.25) is 0 Å². The molecular weight excluding hydrogens is 290 g/mol. The number of anilines is 2. The van der Waals surface area contributed by atoms with Crippen LogP contribution in [-0.4, -0.2) is 23.3 Å². The Kier molecular flexibility index (Phi) is 3.33. The lowest BCUT2D eigenvalue weighted by atomic mass is 9.82. The molecule has 1 aliphatic carbocycles. The van der Waals surface area contributed by atoms with E-state index in [2.05, 4.69) is 16.4 Å². The number of nitrogens with zero attached hydrogens (tertiary/aromatic N) is 2. The van der Waals surface area contributed by atoms with Crippen molar-refractivity contribution in [2.75, 3.05) is 16.8 Å². The Morgan fingerprint density at radius 2 is 2.13 bits per heavy atom. The van der Waals surface area contributed by atoms with Crippen molar-refractivity contribution in [2.45, 2.75) is 25.2 Å². The molecule has 1 aromatic heterocycles. The van der Waals surface area contributed by atoms with Crippen molar-refractivity contribution in [1.29, 1.82) is 0 Å². The SMILES string of the molecule is O=C1CN(C(=O)[C@@H]2CCCc3ccccc32)c2ccncc2N1. The molecule has 23 heavy (non-hydrogen) atoms. The van der Waals surface area contributed by atoms with Crippen LogP contribution >= 0.6 is 0 Å². The number of aryl methyl sites for hydroxylation is 1. The van der Waals surface area contributed by atoms with Crippen molar-refractivity contribution in [2.24, 2.45) is 0 Å². The largest absolute Gasteiger partial charge is 0.321 e. The highest BCUT2D eigenvalue weighted by Crippen LogP contribution is 2.36. The summed E-state index contributed by atoms with van der Waals surface area (Å²) in [5.74, 6) is -0.353. The number of fused-ring (bicyclic) bond motifs is 2. The number of hydrogen-bond donors (Lipinski definition) is 1. The third-order valence-corrected chi connectivity index (χ3v) is 4.60. The summed E-state index contributed by atoms with van der Waals surface area (Å²) < 4.78 is 0. The Bertz CT molecular complexity index is 787.